The normalized spacial score (nSPS) is 12.2. The van der Waals surface area contributed by atoms with Gasteiger partial charge in [0.15, 0.2) is 0 Å². The fourth-order valence-corrected chi connectivity index (χ4v) is 3.52. The number of aryl methyl sites for hydroxylation is 1. The maximum atomic E-state index is 12.6. The monoisotopic (exact) mass is 475 g/mol. The van der Waals surface area contributed by atoms with Crippen LogP contribution in [0.5, 0.6) is 0 Å². The molecule has 9 nitrogen and oxygen atoms in total. The third-order valence-corrected chi connectivity index (χ3v) is 5.34. The summed E-state index contributed by atoms with van der Waals surface area (Å²) < 4.78 is 59.3. The van der Waals surface area contributed by atoms with Crippen LogP contribution in [0.15, 0.2) is 53.4 Å². The van der Waals surface area contributed by atoms with E-state index in [9.17, 15) is 26.4 Å². The van der Waals surface area contributed by atoms with Gasteiger partial charge in [0.2, 0.25) is 10.0 Å². The highest BCUT2D eigenvalue weighted by Gasteiger charge is 2.38. The first-order valence-electron chi connectivity index (χ1n) is 8.68. The molecule has 32 heavy (non-hydrogen) atoms. The number of hydrogen-bond acceptors (Lipinski definition) is 5. The molecule has 1 atom stereocenters. The minimum atomic E-state index is -5.08. The van der Waals surface area contributed by atoms with Crippen LogP contribution in [0.1, 0.15) is 29.2 Å². The molecule has 0 saturated carbocycles. The lowest BCUT2D eigenvalue weighted by Gasteiger charge is -2.18. The standard InChI is InChI=1S/C17H19N3O4S.C2HF3O2/c1-11-5-7-14(8-6-11)25(23,24)20-15(10-16(21)22)12-3-2-4-13(9-12)17(18)19;3-2(4,5)1(6)7/h2-9,15,20H,10H2,1H3,(H3,18,19)(H,21,22);(H,6,7). The number of benzene rings is 2. The van der Waals surface area contributed by atoms with Gasteiger partial charge in [0.25, 0.3) is 0 Å². The van der Waals surface area contributed by atoms with Crippen LogP contribution in [0.3, 0.4) is 0 Å². The number of rotatable bonds is 7. The number of nitrogens with one attached hydrogen (secondary N) is 2. The van der Waals surface area contributed by atoms with Crippen molar-refractivity contribution < 1.29 is 41.4 Å². The molecule has 0 aliphatic rings. The van der Waals surface area contributed by atoms with Crippen molar-refractivity contribution in [2.24, 2.45) is 5.73 Å². The fourth-order valence-electron chi connectivity index (χ4n) is 2.30. The predicted molar refractivity (Wildman–Crippen MR) is 108 cm³/mol. The molecule has 0 aliphatic heterocycles. The zero-order valence-corrected chi connectivity index (χ0v) is 17.4. The minimum Gasteiger partial charge on any atom is -0.481 e. The van der Waals surface area contributed by atoms with Crippen molar-refractivity contribution >= 4 is 27.8 Å². The van der Waals surface area contributed by atoms with Crippen LogP contribution >= 0.6 is 0 Å². The number of carbonyl (C=O) groups is 2. The number of carboxylic acid groups (broad SMARTS) is 2. The highest BCUT2D eigenvalue weighted by atomic mass is 32.2. The van der Waals surface area contributed by atoms with Gasteiger partial charge in [-0.1, -0.05) is 35.9 Å². The van der Waals surface area contributed by atoms with E-state index in [0.29, 0.717) is 11.1 Å². The third kappa shape index (κ3) is 8.35. The number of nitrogens with two attached hydrogens (primary N) is 1. The molecule has 2 aromatic rings. The Labute approximate surface area is 181 Å². The smallest absolute Gasteiger partial charge is 0.481 e. The van der Waals surface area contributed by atoms with Crippen molar-refractivity contribution in [3.63, 3.8) is 0 Å². The highest BCUT2D eigenvalue weighted by Crippen LogP contribution is 2.22. The van der Waals surface area contributed by atoms with Crippen LogP contribution in [0, 0.1) is 12.3 Å². The number of aliphatic carboxylic acids is 2. The fraction of sp³-hybridized carbons (Fsp3) is 0.211. The Morgan fingerprint density at radius 1 is 1.12 bits per heavy atom. The van der Waals surface area contributed by atoms with Crippen molar-refractivity contribution in [2.45, 2.75) is 30.5 Å². The quantitative estimate of drug-likeness (QED) is 0.302. The van der Waals surface area contributed by atoms with Gasteiger partial charge >= 0.3 is 18.1 Å². The van der Waals surface area contributed by atoms with Gasteiger partial charge in [-0.3, -0.25) is 10.2 Å². The van der Waals surface area contributed by atoms with Crippen molar-refractivity contribution in [3.05, 3.63) is 65.2 Å². The summed E-state index contributed by atoms with van der Waals surface area (Å²) in [6.07, 6.45) is -5.52. The molecule has 2 rings (SSSR count). The second-order valence-corrected chi connectivity index (χ2v) is 8.14. The van der Waals surface area contributed by atoms with Crippen LogP contribution in [-0.4, -0.2) is 42.6 Å². The van der Waals surface area contributed by atoms with Crippen molar-refractivity contribution in [3.8, 4) is 0 Å². The summed E-state index contributed by atoms with van der Waals surface area (Å²) in [6, 6.07) is 11.6. The third-order valence-electron chi connectivity index (χ3n) is 3.85. The van der Waals surface area contributed by atoms with Crippen LogP contribution in [-0.2, 0) is 19.6 Å². The molecule has 0 saturated heterocycles. The number of hydrogen-bond donors (Lipinski definition) is 5. The number of halogens is 3. The molecule has 0 amide bonds. The SMILES string of the molecule is Cc1ccc(S(=O)(=O)NC(CC(=O)O)c2cccc(C(=N)N)c2)cc1.O=C(O)C(F)(F)F. The maximum absolute atomic E-state index is 12.6. The molecule has 2 aromatic carbocycles. The summed E-state index contributed by atoms with van der Waals surface area (Å²) in [5, 5.41) is 23.7. The molecule has 1 unspecified atom stereocenters. The summed E-state index contributed by atoms with van der Waals surface area (Å²) in [7, 11) is -3.90. The lowest BCUT2D eigenvalue weighted by Crippen LogP contribution is -2.30. The molecule has 0 heterocycles. The first-order valence-corrected chi connectivity index (χ1v) is 10.2. The summed E-state index contributed by atoms with van der Waals surface area (Å²) >= 11 is 0. The minimum absolute atomic E-state index is 0.0520. The van der Waals surface area contributed by atoms with Gasteiger partial charge in [0, 0.05) is 5.56 Å². The summed E-state index contributed by atoms with van der Waals surface area (Å²) in [4.78, 5) is 20.1. The topological polar surface area (TPSA) is 171 Å². The first-order chi connectivity index (χ1) is 14.6. The Balaban J connectivity index is 0.000000633. The second-order valence-electron chi connectivity index (χ2n) is 6.43. The Morgan fingerprint density at radius 3 is 2.09 bits per heavy atom. The average molecular weight is 475 g/mol. The van der Waals surface area contributed by atoms with E-state index in [1.54, 1.807) is 30.3 Å². The van der Waals surface area contributed by atoms with Crippen molar-refractivity contribution in [2.75, 3.05) is 0 Å². The van der Waals surface area contributed by atoms with Gasteiger partial charge in [0.05, 0.1) is 17.4 Å². The lowest BCUT2D eigenvalue weighted by atomic mass is 10.0. The van der Waals surface area contributed by atoms with Crippen LogP contribution in [0.25, 0.3) is 0 Å². The van der Waals surface area contributed by atoms with Crippen molar-refractivity contribution in [1.29, 1.82) is 5.41 Å². The number of sulfonamides is 1. The van der Waals surface area contributed by atoms with Gasteiger partial charge in [-0.05, 0) is 30.7 Å². The van der Waals surface area contributed by atoms with Gasteiger partial charge in [-0.25, -0.2) is 17.9 Å². The van der Waals surface area contributed by atoms with E-state index in [-0.39, 0.29) is 10.7 Å². The largest absolute Gasteiger partial charge is 0.490 e. The van der Waals surface area contributed by atoms with E-state index in [1.165, 1.54) is 18.2 Å². The molecule has 0 spiro atoms. The number of carboxylic acids is 2. The zero-order chi connectivity index (χ0) is 24.7. The van der Waals surface area contributed by atoms with Crippen LogP contribution in [0.2, 0.25) is 0 Å². The molecular weight excluding hydrogens is 455 g/mol. The Kier molecular flexibility index (Phi) is 8.91. The predicted octanol–water partition coefficient (Wildman–Crippen LogP) is 2.41. The molecule has 0 bridgehead atoms. The van der Waals surface area contributed by atoms with E-state index in [4.69, 9.17) is 26.2 Å². The summed E-state index contributed by atoms with van der Waals surface area (Å²) in [5.41, 5.74) is 7.17. The number of amidine groups is 1. The lowest BCUT2D eigenvalue weighted by molar-refractivity contribution is -0.192. The zero-order valence-electron chi connectivity index (χ0n) is 16.6. The summed E-state index contributed by atoms with van der Waals surface area (Å²) in [6.45, 7) is 1.84. The van der Waals surface area contributed by atoms with Crippen LogP contribution < -0.4 is 10.5 Å². The second kappa shape index (κ2) is 10.7. The molecule has 174 valence electrons. The summed E-state index contributed by atoms with van der Waals surface area (Å²) in [5.74, 6) is -4.09. The molecule has 0 aliphatic carbocycles. The van der Waals surface area contributed by atoms with E-state index in [1.807, 2.05) is 6.92 Å². The molecular formula is C19H20F3N3O6S. The molecule has 0 radical (unpaired) electrons. The van der Waals surface area contributed by atoms with E-state index < -0.39 is 40.6 Å². The van der Waals surface area contributed by atoms with Gasteiger partial charge in [-0.15, -0.1) is 0 Å². The van der Waals surface area contributed by atoms with E-state index >= 15 is 0 Å². The maximum Gasteiger partial charge on any atom is 0.490 e. The van der Waals surface area contributed by atoms with Gasteiger partial charge < -0.3 is 15.9 Å². The Morgan fingerprint density at radius 2 is 1.66 bits per heavy atom. The number of nitrogen functional groups attached to an aromatic ring is 1. The van der Waals surface area contributed by atoms with Gasteiger partial charge in [0.1, 0.15) is 5.84 Å². The van der Waals surface area contributed by atoms with Crippen LogP contribution in [0.4, 0.5) is 13.2 Å². The Hall–Kier alpha value is -3.45. The first kappa shape index (κ1) is 26.6. The Bertz CT molecular complexity index is 1090. The molecule has 0 fully saturated rings. The number of alkyl halides is 3. The highest BCUT2D eigenvalue weighted by molar-refractivity contribution is 7.89. The molecule has 13 heteroatoms. The van der Waals surface area contributed by atoms with Gasteiger partial charge in [-0.2, -0.15) is 13.2 Å². The van der Waals surface area contributed by atoms with E-state index in [0.717, 1.165) is 5.56 Å². The average Bonchev–Trinajstić information content (AvgIpc) is 2.67. The molecule has 6 N–H and O–H groups in total. The molecule has 0 aromatic heterocycles. The van der Waals surface area contributed by atoms with E-state index in [2.05, 4.69) is 4.72 Å². The van der Waals surface area contributed by atoms with Crippen molar-refractivity contribution in [1.82, 2.24) is 4.72 Å².